The van der Waals surface area contributed by atoms with Gasteiger partial charge in [0.2, 0.25) is 0 Å². The van der Waals surface area contributed by atoms with Crippen LogP contribution in [0, 0.1) is 0 Å². The predicted octanol–water partition coefficient (Wildman–Crippen LogP) is 1.21. The monoisotopic (exact) mass is 162 g/mol. The largest absolute Gasteiger partial charge is 0.353 e. The maximum absolute atomic E-state index is 10.5. The van der Waals surface area contributed by atoms with Gasteiger partial charge in [-0.05, 0) is 13.3 Å². The molecule has 0 aliphatic heterocycles. The average molecular weight is 162 g/mol. The maximum Gasteiger partial charge on any atom is 0.190 e. The number of hydrogen-bond acceptors (Lipinski definition) is 4. The highest BCUT2D eigenvalue weighted by atomic mass is 17.1. The standard InChI is InChI=1S/C7H14O4/c1-6(8)4-3-5-7(10-2)11-9/h7,9H,3-5H2,1-2H3. The molecule has 66 valence electrons. The first-order valence-corrected chi connectivity index (χ1v) is 3.53. The van der Waals surface area contributed by atoms with Crippen LogP contribution in [0.15, 0.2) is 0 Å². The van der Waals surface area contributed by atoms with E-state index >= 15 is 0 Å². The summed E-state index contributed by atoms with van der Waals surface area (Å²) in [5.41, 5.74) is 0. The zero-order valence-electron chi connectivity index (χ0n) is 6.87. The van der Waals surface area contributed by atoms with Gasteiger partial charge in [-0.1, -0.05) is 0 Å². The van der Waals surface area contributed by atoms with Crippen molar-refractivity contribution in [2.45, 2.75) is 32.5 Å². The Bertz CT molecular complexity index is 109. The number of carbonyl (C=O) groups excluding carboxylic acids is 1. The van der Waals surface area contributed by atoms with E-state index in [1.165, 1.54) is 14.0 Å². The van der Waals surface area contributed by atoms with E-state index in [1.54, 1.807) is 0 Å². The number of carbonyl (C=O) groups is 1. The van der Waals surface area contributed by atoms with E-state index in [2.05, 4.69) is 4.89 Å². The Labute approximate surface area is 66.0 Å². The smallest absolute Gasteiger partial charge is 0.190 e. The van der Waals surface area contributed by atoms with Crippen LogP contribution in [0.5, 0.6) is 0 Å². The van der Waals surface area contributed by atoms with Crippen LogP contribution in [0.2, 0.25) is 0 Å². The number of rotatable bonds is 6. The first kappa shape index (κ1) is 10.6. The minimum Gasteiger partial charge on any atom is -0.353 e. The molecule has 11 heavy (non-hydrogen) atoms. The van der Waals surface area contributed by atoms with E-state index in [9.17, 15) is 4.79 Å². The lowest BCUT2D eigenvalue weighted by Crippen LogP contribution is -2.13. The van der Waals surface area contributed by atoms with Crippen molar-refractivity contribution < 1.29 is 19.7 Å². The predicted molar refractivity (Wildman–Crippen MR) is 39.0 cm³/mol. The first-order chi connectivity index (χ1) is 5.20. The molecule has 1 atom stereocenters. The van der Waals surface area contributed by atoms with Crippen LogP contribution in [0.3, 0.4) is 0 Å². The Morgan fingerprint density at radius 1 is 1.64 bits per heavy atom. The maximum atomic E-state index is 10.5. The molecule has 0 rings (SSSR count). The van der Waals surface area contributed by atoms with Crippen LogP contribution in [0.1, 0.15) is 26.2 Å². The van der Waals surface area contributed by atoms with E-state index in [0.29, 0.717) is 19.3 Å². The molecule has 0 radical (unpaired) electrons. The van der Waals surface area contributed by atoms with Crippen molar-refractivity contribution in [3.05, 3.63) is 0 Å². The highest BCUT2D eigenvalue weighted by Gasteiger charge is 2.06. The average Bonchev–Trinajstić information content (AvgIpc) is 1.98. The summed E-state index contributed by atoms with van der Waals surface area (Å²) in [6.07, 6.45) is 1.11. The molecular weight excluding hydrogens is 148 g/mol. The summed E-state index contributed by atoms with van der Waals surface area (Å²) in [7, 11) is 1.44. The Hall–Kier alpha value is -0.450. The van der Waals surface area contributed by atoms with Crippen molar-refractivity contribution >= 4 is 5.78 Å². The van der Waals surface area contributed by atoms with Crippen molar-refractivity contribution in [1.29, 1.82) is 0 Å². The molecule has 0 aromatic rings. The summed E-state index contributed by atoms with van der Waals surface area (Å²) < 4.78 is 4.70. The molecule has 0 aliphatic carbocycles. The van der Waals surface area contributed by atoms with E-state index in [1.807, 2.05) is 0 Å². The summed E-state index contributed by atoms with van der Waals surface area (Å²) >= 11 is 0. The zero-order valence-corrected chi connectivity index (χ0v) is 6.87. The van der Waals surface area contributed by atoms with Crippen molar-refractivity contribution in [3.8, 4) is 0 Å². The van der Waals surface area contributed by atoms with Gasteiger partial charge < -0.3 is 9.53 Å². The minimum absolute atomic E-state index is 0.137. The van der Waals surface area contributed by atoms with Gasteiger partial charge in [0.25, 0.3) is 0 Å². The zero-order chi connectivity index (χ0) is 8.69. The van der Waals surface area contributed by atoms with Crippen LogP contribution in [-0.4, -0.2) is 24.4 Å². The van der Waals surface area contributed by atoms with Gasteiger partial charge in [0.1, 0.15) is 5.78 Å². The lowest BCUT2D eigenvalue weighted by Gasteiger charge is -2.09. The fourth-order valence-electron chi connectivity index (χ4n) is 0.731. The highest BCUT2D eigenvalue weighted by molar-refractivity contribution is 5.75. The fourth-order valence-corrected chi connectivity index (χ4v) is 0.731. The van der Waals surface area contributed by atoms with Crippen molar-refractivity contribution in [3.63, 3.8) is 0 Å². The van der Waals surface area contributed by atoms with Gasteiger partial charge in [-0.25, -0.2) is 10.1 Å². The third-order valence-corrected chi connectivity index (χ3v) is 1.35. The quantitative estimate of drug-likeness (QED) is 0.362. The number of Topliss-reactive ketones (excluding diaryl/α,β-unsaturated/α-hetero) is 1. The molecule has 1 N–H and O–H groups in total. The number of ketones is 1. The van der Waals surface area contributed by atoms with E-state index in [4.69, 9.17) is 9.99 Å². The van der Waals surface area contributed by atoms with Crippen LogP contribution in [0.25, 0.3) is 0 Å². The highest BCUT2D eigenvalue weighted by Crippen LogP contribution is 2.04. The molecule has 0 spiro atoms. The molecule has 0 aromatic heterocycles. The lowest BCUT2D eigenvalue weighted by molar-refractivity contribution is -0.341. The molecule has 0 saturated carbocycles. The third kappa shape index (κ3) is 5.97. The molecule has 1 unspecified atom stereocenters. The van der Waals surface area contributed by atoms with Gasteiger partial charge in [-0.2, -0.15) is 0 Å². The van der Waals surface area contributed by atoms with E-state index < -0.39 is 6.29 Å². The van der Waals surface area contributed by atoms with Gasteiger partial charge >= 0.3 is 0 Å². The minimum atomic E-state index is -0.602. The summed E-state index contributed by atoms with van der Waals surface area (Å²) in [6.45, 7) is 1.53. The Balaban J connectivity index is 3.28. The van der Waals surface area contributed by atoms with Crippen molar-refractivity contribution in [2.75, 3.05) is 7.11 Å². The molecule has 0 saturated heterocycles. The summed E-state index contributed by atoms with van der Waals surface area (Å²) in [6, 6.07) is 0. The Kier molecular flexibility index (Phi) is 6.02. The van der Waals surface area contributed by atoms with E-state index in [0.717, 1.165) is 0 Å². The van der Waals surface area contributed by atoms with Gasteiger partial charge in [-0.15, -0.1) is 0 Å². The second kappa shape index (κ2) is 6.27. The Morgan fingerprint density at radius 3 is 2.64 bits per heavy atom. The second-order valence-corrected chi connectivity index (χ2v) is 2.36. The molecular formula is C7H14O4. The van der Waals surface area contributed by atoms with Crippen LogP contribution in [0.4, 0.5) is 0 Å². The molecule has 0 aromatic carbocycles. The van der Waals surface area contributed by atoms with Gasteiger partial charge in [-0.3, -0.25) is 0 Å². The molecule has 0 aliphatic rings. The van der Waals surface area contributed by atoms with Crippen LogP contribution >= 0.6 is 0 Å². The molecule has 0 fully saturated rings. The number of methoxy groups -OCH3 is 1. The van der Waals surface area contributed by atoms with Gasteiger partial charge in [0.15, 0.2) is 6.29 Å². The normalized spacial score (nSPS) is 13.0. The van der Waals surface area contributed by atoms with Crippen LogP contribution < -0.4 is 0 Å². The van der Waals surface area contributed by atoms with E-state index in [-0.39, 0.29) is 5.78 Å². The number of hydrogen-bond donors (Lipinski definition) is 1. The summed E-state index contributed by atoms with van der Waals surface area (Å²) in [5, 5.41) is 8.18. The summed E-state index contributed by atoms with van der Waals surface area (Å²) in [4.78, 5) is 14.4. The van der Waals surface area contributed by atoms with Crippen molar-refractivity contribution in [1.82, 2.24) is 0 Å². The third-order valence-electron chi connectivity index (χ3n) is 1.35. The van der Waals surface area contributed by atoms with Crippen LogP contribution in [-0.2, 0) is 14.4 Å². The topological polar surface area (TPSA) is 55.8 Å². The molecule has 4 heteroatoms. The molecule has 0 heterocycles. The number of ether oxygens (including phenoxy) is 1. The second-order valence-electron chi connectivity index (χ2n) is 2.36. The molecule has 4 nitrogen and oxygen atoms in total. The lowest BCUT2D eigenvalue weighted by atomic mass is 10.2. The van der Waals surface area contributed by atoms with Gasteiger partial charge in [0.05, 0.1) is 0 Å². The fraction of sp³-hybridized carbons (Fsp3) is 0.857. The van der Waals surface area contributed by atoms with Crippen molar-refractivity contribution in [2.24, 2.45) is 0 Å². The summed E-state index contributed by atoms with van der Waals surface area (Å²) in [5.74, 6) is 0.137. The SMILES string of the molecule is COC(CCCC(C)=O)OO. The Morgan fingerprint density at radius 2 is 2.27 bits per heavy atom. The van der Waals surface area contributed by atoms with Gasteiger partial charge in [0, 0.05) is 20.0 Å². The first-order valence-electron chi connectivity index (χ1n) is 3.53. The molecule has 0 bridgehead atoms. The molecule has 0 amide bonds.